The van der Waals surface area contributed by atoms with Crippen LogP contribution < -0.4 is 11.5 Å². The summed E-state index contributed by atoms with van der Waals surface area (Å²) < 4.78 is 0. The third-order valence-electron chi connectivity index (χ3n) is 3.75. The summed E-state index contributed by atoms with van der Waals surface area (Å²) in [4.78, 5) is 16.7. The van der Waals surface area contributed by atoms with E-state index in [-0.39, 0.29) is 0 Å². The van der Waals surface area contributed by atoms with Gasteiger partial charge in [0.05, 0.1) is 11.4 Å². The van der Waals surface area contributed by atoms with Gasteiger partial charge in [-0.3, -0.25) is 9.97 Å². The molecule has 0 aromatic carbocycles. The smallest absolute Gasteiger partial charge is 0.124 e. The van der Waals surface area contributed by atoms with E-state index in [9.17, 15) is 0 Å². The van der Waals surface area contributed by atoms with Crippen molar-refractivity contribution in [3.05, 3.63) is 84.9 Å². The zero-order valence-electron chi connectivity index (χ0n) is 14.9. The quantitative estimate of drug-likeness (QED) is 0.567. The Kier molecular flexibility index (Phi) is 5.69. The maximum Gasteiger partial charge on any atom is 0.124 e. The van der Waals surface area contributed by atoms with Crippen LogP contribution in [-0.4, -0.2) is 19.9 Å². The van der Waals surface area contributed by atoms with Crippen molar-refractivity contribution in [2.45, 2.75) is 6.92 Å². The molecule has 0 radical (unpaired) electrons. The molecule has 0 unspecified atom stereocenters. The Balaban J connectivity index is 0.000000253. The van der Waals surface area contributed by atoms with Gasteiger partial charge in [-0.25, -0.2) is 9.97 Å². The highest BCUT2D eigenvalue weighted by molar-refractivity contribution is 5.80. The van der Waals surface area contributed by atoms with Gasteiger partial charge in [0.15, 0.2) is 0 Å². The molecule has 6 nitrogen and oxygen atoms in total. The fourth-order valence-corrected chi connectivity index (χ4v) is 2.47. The molecule has 4 N–H and O–H groups in total. The largest absolute Gasteiger partial charge is 0.384 e. The number of hydrogen-bond donors (Lipinski definition) is 2. The molecule has 0 spiro atoms. The van der Waals surface area contributed by atoms with E-state index in [1.54, 1.807) is 36.9 Å². The monoisotopic (exact) mass is 356 g/mol. The molecule has 4 aromatic rings. The van der Waals surface area contributed by atoms with Gasteiger partial charge in [-0.15, -0.1) is 0 Å². The number of aryl methyl sites for hydroxylation is 1. The summed E-state index contributed by atoms with van der Waals surface area (Å²) >= 11 is 0. The van der Waals surface area contributed by atoms with Crippen molar-refractivity contribution in [2.75, 3.05) is 11.5 Å². The first-order valence-electron chi connectivity index (χ1n) is 8.40. The number of hydrogen-bond acceptors (Lipinski definition) is 6. The number of aromatic nitrogens is 4. The lowest BCUT2D eigenvalue weighted by Gasteiger charge is -2.09. The first-order valence-corrected chi connectivity index (χ1v) is 8.40. The molecular formula is C21H20N6. The number of nitrogen functional groups attached to an aromatic ring is 2. The van der Waals surface area contributed by atoms with Crippen molar-refractivity contribution < 1.29 is 0 Å². The van der Waals surface area contributed by atoms with Crippen LogP contribution in [0.5, 0.6) is 0 Å². The molecule has 4 rings (SSSR count). The van der Waals surface area contributed by atoms with Crippen LogP contribution in [0.25, 0.3) is 22.5 Å². The summed E-state index contributed by atoms with van der Waals surface area (Å²) in [5.74, 6) is 1.07. The molecule has 0 aliphatic carbocycles. The first kappa shape index (κ1) is 18.0. The fourth-order valence-electron chi connectivity index (χ4n) is 2.47. The number of nitrogens with two attached hydrogens (primary N) is 2. The Bertz CT molecular complexity index is 1000. The maximum absolute atomic E-state index is 5.83. The van der Waals surface area contributed by atoms with E-state index in [0.29, 0.717) is 11.6 Å². The van der Waals surface area contributed by atoms with E-state index in [1.807, 2.05) is 49.4 Å². The lowest BCUT2D eigenvalue weighted by Crippen LogP contribution is -1.96. The van der Waals surface area contributed by atoms with Crippen molar-refractivity contribution in [1.82, 2.24) is 19.9 Å². The van der Waals surface area contributed by atoms with Crippen LogP contribution in [0.4, 0.5) is 11.6 Å². The highest BCUT2D eigenvalue weighted by atomic mass is 14.8. The van der Waals surface area contributed by atoms with Gasteiger partial charge in [-0.2, -0.15) is 0 Å². The summed E-state index contributed by atoms with van der Waals surface area (Å²) in [5.41, 5.74) is 15.9. The molecular weight excluding hydrogens is 336 g/mol. The molecule has 0 fully saturated rings. The van der Waals surface area contributed by atoms with E-state index in [1.165, 1.54) is 0 Å². The van der Waals surface area contributed by atoms with Crippen LogP contribution in [0.15, 0.2) is 79.4 Å². The third-order valence-corrected chi connectivity index (χ3v) is 3.75. The Morgan fingerprint density at radius 2 is 1.56 bits per heavy atom. The van der Waals surface area contributed by atoms with Crippen LogP contribution in [0.3, 0.4) is 0 Å². The Morgan fingerprint density at radius 1 is 0.741 bits per heavy atom. The molecule has 0 amide bonds. The van der Waals surface area contributed by atoms with Crippen LogP contribution in [0, 0.1) is 6.92 Å². The van der Waals surface area contributed by atoms with Gasteiger partial charge in [0.1, 0.15) is 11.6 Å². The minimum Gasteiger partial charge on any atom is -0.384 e. The van der Waals surface area contributed by atoms with Crippen LogP contribution in [-0.2, 0) is 0 Å². The molecule has 0 aliphatic rings. The third kappa shape index (κ3) is 4.85. The number of anilines is 2. The highest BCUT2D eigenvalue weighted by Gasteiger charge is 2.10. The maximum atomic E-state index is 5.83. The predicted molar refractivity (Wildman–Crippen MR) is 108 cm³/mol. The molecule has 6 heteroatoms. The molecule has 0 saturated carbocycles. The molecule has 0 atom stereocenters. The van der Waals surface area contributed by atoms with Gasteiger partial charge >= 0.3 is 0 Å². The van der Waals surface area contributed by atoms with Crippen LogP contribution in [0.2, 0.25) is 0 Å². The Labute approximate surface area is 158 Å². The molecule has 4 heterocycles. The summed E-state index contributed by atoms with van der Waals surface area (Å²) in [6.07, 6.45) is 6.95. The summed E-state index contributed by atoms with van der Waals surface area (Å²) in [6.45, 7) is 2.04. The highest BCUT2D eigenvalue weighted by Crippen LogP contribution is 2.30. The standard InChI is InChI=1S/C16H14N4.C5H6N2/c1-11-4-9-19-14(10-11)13-2-3-15(17)20-16(13)12-5-7-18-8-6-12;6-5-3-1-2-4-7-5/h2-10H,1H3,(H2,17,20);1-4H,(H2,6,7). The topological polar surface area (TPSA) is 104 Å². The van der Waals surface area contributed by atoms with Crippen molar-refractivity contribution in [1.29, 1.82) is 0 Å². The van der Waals surface area contributed by atoms with Gasteiger partial charge in [0.2, 0.25) is 0 Å². The van der Waals surface area contributed by atoms with E-state index in [2.05, 4.69) is 19.9 Å². The van der Waals surface area contributed by atoms with Crippen molar-refractivity contribution >= 4 is 11.6 Å². The summed E-state index contributed by atoms with van der Waals surface area (Å²) in [6, 6.07) is 17.0. The first-order chi connectivity index (χ1) is 13.1. The molecule has 134 valence electrons. The van der Waals surface area contributed by atoms with Gasteiger partial charge in [-0.05, 0) is 61.0 Å². The minimum atomic E-state index is 0.494. The zero-order valence-corrected chi connectivity index (χ0v) is 14.9. The van der Waals surface area contributed by atoms with E-state index < -0.39 is 0 Å². The average Bonchev–Trinajstić information content (AvgIpc) is 2.70. The van der Waals surface area contributed by atoms with Crippen molar-refractivity contribution in [3.63, 3.8) is 0 Å². The number of rotatable bonds is 2. The van der Waals surface area contributed by atoms with Crippen LogP contribution in [0.1, 0.15) is 5.56 Å². The van der Waals surface area contributed by atoms with E-state index >= 15 is 0 Å². The zero-order chi connectivity index (χ0) is 19.1. The average molecular weight is 356 g/mol. The number of nitrogens with zero attached hydrogens (tertiary/aromatic N) is 4. The van der Waals surface area contributed by atoms with Gasteiger partial charge < -0.3 is 11.5 Å². The van der Waals surface area contributed by atoms with E-state index in [4.69, 9.17) is 11.5 Å². The van der Waals surface area contributed by atoms with Crippen LogP contribution >= 0.6 is 0 Å². The lowest BCUT2D eigenvalue weighted by molar-refractivity contribution is 1.25. The SMILES string of the molecule is Cc1ccnc(-c2ccc(N)nc2-c2ccncc2)c1.Nc1ccccn1. The predicted octanol–water partition coefficient (Wildman–Crippen LogP) is 3.76. The molecule has 4 aromatic heterocycles. The Morgan fingerprint density at radius 3 is 2.19 bits per heavy atom. The van der Waals surface area contributed by atoms with Crippen molar-refractivity contribution in [2.24, 2.45) is 0 Å². The Hall–Kier alpha value is -3.80. The normalized spacial score (nSPS) is 9.96. The second-order valence-corrected chi connectivity index (χ2v) is 5.84. The molecule has 0 saturated heterocycles. The minimum absolute atomic E-state index is 0.494. The summed E-state index contributed by atoms with van der Waals surface area (Å²) in [5, 5.41) is 0. The number of pyridine rings is 4. The van der Waals surface area contributed by atoms with Gasteiger partial charge in [0, 0.05) is 35.9 Å². The molecule has 0 bridgehead atoms. The van der Waals surface area contributed by atoms with Crippen molar-refractivity contribution in [3.8, 4) is 22.5 Å². The summed E-state index contributed by atoms with van der Waals surface area (Å²) in [7, 11) is 0. The fraction of sp³-hybridized carbons (Fsp3) is 0.0476. The lowest BCUT2D eigenvalue weighted by atomic mass is 10.0. The second-order valence-electron chi connectivity index (χ2n) is 5.84. The second kappa shape index (κ2) is 8.53. The van der Waals surface area contributed by atoms with Gasteiger partial charge in [0.25, 0.3) is 0 Å². The molecule has 0 aliphatic heterocycles. The van der Waals surface area contributed by atoms with E-state index in [0.717, 1.165) is 28.1 Å². The molecule has 27 heavy (non-hydrogen) atoms. The van der Waals surface area contributed by atoms with Gasteiger partial charge in [-0.1, -0.05) is 6.07 Å².